The molecule has 1 heterocycles. The van der Waals surface area contributed by atoms with E-state index in [2.05, 4.69) is 11.9 Å². The Hall–Kier alpha value is -1.26. The van der Waals surface area contributed by atoms with Gasteiger partial charge in [0, 0.05) is 0 Å². The molecule has 1 atom stereocenters. The first-order chi connectivity index (χ1) is 8.36. The zero-order valence-electron chi connectivity index (χ0n) is 10.7. The third kappa shape index (κ3) is 3.89. The number of hydrogen-bond acceptors (Lipinski definition) is 2. The predicted octanol–water partition coefficient (Wildman–Crippen LogP) is 4.37. The molecule has 18 heavy (non-hydrogen) atoms. The molecular formula is C13H19F3N2. The Bertz CT molecular complexity index is 388. The fourth-order valence-corrected chi connectivity index (χ4v) is 1.97. The first-order valence-corrected chi connectivity index (χ1v) is 6.19. The summed E-state index contributed by atoms with van der Waals surface area (Å²) in [4.78, 5) is 3.45. The van der Waals surface area contributed by atoms with Crippen molar-refractivity contribution >= 4 is 5.82 Å². The van der Waals surface area contributed by atoms with Crippen LogP contribution >= 0.6 is 0 Å². The van der Waals surface area contributed by atoms with Gasteiger partial charge in [0.25, 0.3) is 0 Å². The zero-order valence-corrected chi connectivity index (χ0v) is 10.7. The highest BCUT2D eigenvalue weighted by molar-refractivity contribution is 5.37. The van der Waals surface area contributed by atoms with E-state index in [0.717, 1.165) is 25.7 Å². The van der Waals surface area contributed by atoms with Gasteiger partial charge in [-0.3, -0.25) is 0 Å². The van der Waals surface area contributed by atoms with Crippen molar-refractivity contribution in [3.63, 3.8) is 0 Å². The number of aromatic nitrogens is 1. The van der Waals surface area contributed by atoms with E-state index in [1.54, 1.807) is 6.92 Å². The van der Waals surface area contributed by atoms with Crippen molar-refractivity contribution in [2.24, 2.45) is 0 Å². The van der Waals surface area contributed by atoms with E-state index in [1.807, 2.05) is 0 Å². The van der Waals surface area contributed by atoms with Gasteiger partial charge in [0.2, 0.25) is 0 Å². The lowest BCUT2D eigenvalue weighted by Crippen LogP contribution is -2.15. The number of alkyl halides is 3. The summed E-state index contributed by atoms with van der Waals surface area (Å²) in [7, 11) is 0. The van der Waals surface area contributed by atoms with Crippen molar-refractivity contribution in [1.29, 1.82) is 0 Å². The summed E-state index contributed by atoms with van der Waals surface area (Å²) in [5.74, 6) is -0.242. The predicted molar refractivity (Wildman–Crippen MR) is 66.2 cm³/mol. The molecule has 102 valence electrons. The summed E-state index contributed by atoms with van der Waals surface area (Å²) in [5, 5.41) is 0. The van der Waals surface area contributed by atoms with Crippen LogP contribution in [0.2, 0.25) is 0 Å². The van der Waals surface area contributed by atoms with E-state index >= 15 is 0 Å². The van der Waals surface area contributed by atoms with E-state index in [0.29, 0.717) is 0 Å². The van der Waals surface area contributed by atoms with Crippen molar-refractivity contribution in [2.75, 3.05) is 5.73 Å². The molecule has 0 amide bonds. The first-order valence-electron chi connectivity index (χ1n) is 6.19. The van der Waals surface area contributed by atoms with Crippen LogP contribution in [0.1, 0.15) is 56.7 Å². The maximum Gasteiger partial charge on any atom is 0.433 e. The number of pyridine rings is 1. The second-order valence-electron chi connectivity index (χ2n) is 4.57. The Morgan fingerprint density at radius 1 is 1.28 bits per heavy atom. The quantitative estimate of drug-likeness (QED) is 0.798. The third-order valence-corrected chi connectivity index (χ3v) is 2.99. The van der Waals surface area contributed by atoms with Crippen molar-refractivity contribution < 1.29 is 13.2 Å². The first kappa shape index (κ1) is 14.8. The van der Waals surface area contributed by atoms with Gasteiger partial charge in [-0.1, -0.05) is 39.2 Å². The van der Waals surface area contributed by atoms with Crippen LogP contribution < -0.4 is 5.73 Å². The molecule has 0 aliphatic heterocycles. The molecule has 0 aromatic carbocycles. The number of hydrogen-bond donors (Lipinski definition) is 1. The summed E-state index contributed by atoms with van der Waals surface area (Å²) in [6.07, 6.45) is -0.682. The Kier molecular flexibility index (Phi) is 4.99. The van der Waals surface area contributed by atoms with Crippen molar-refractivity contribution in [2.45, 2.75) is 51.6 Å². The summed E-state index contributed by atoms with van der Waals surface area (Å²) < 4.78 is 38.6. The normalized spacial score (nSPS) is 13.6. The van der Waals surface area contributed by atoms with Crippen LogP contribution in [-0.4, -0.2) is 4.98 Å². The summed E-state index contributed by atoms with van der Waals surface area (Å²) in [6.45, 7) is 3.87. The zero-order chi connectivity index (χ0) is 13.8. The van der Waals surface area contributed by atoms with Gasteiger partial charge in [-0.2, -0.15) is 13.2 Å². The van der Waals surface area contributed by atoms with E-state index in [4.69, 9.17) is 5.73 Å². The lowest BCUT2D eigenvalue weighted by atomic mass is 9.93. The van der Waals surface area contributed by atoms with Crippen LogP contribution in [0.3, 0.4) is 0 Å². The number of rotatable bonds is 5. The van der Waals surface area contributed by atoms with Gasteiger partial charge in [-0.25, -0.2) is 4.98 Å². The van der Waals surface area contributed by atoms with Crippen molar-refractivity contribution in [1.82, 2.24) is 4.98 Å². The molecule has 0 bridgehead atoms. The van der Waals surface area contributed by atoms with E-state index in [-0.39, 0.29) is 17.3 Å². The fourth-order valence-electron chi connectivity index (χ4n) is 1.97. The molecule has 1 rings (SSSR count). The monoisotopic (exact) mass is 260 g/mol. The Labute approximate surface area is 105 Å². The molecule has 1 unspecified atom stereocenters. The molecule has 1 aromatic heterocycles. The maximum atomic E-state index is 12.9. The number of anilines is 1. The van der Waals surface area contributed by atoms with E-state index in [1.165, 1.54) is 12.1 Å². The molecule has 0 aliphatic carbocycles. The van der Waals surface area contributed by atoms with Gasteiger partial charge in [0.1, 0.15) is 11.5 Å². The minimum absolute atomic E-state index is 0.0909. The number of nitrogens with two attached hydrogens (primary N) is 1. The molecule has 5 heteroatoms. The SMILES string of the molecule is CCCCCC(C)c1ccc(N)nc1C(F)(F)F. The largest absolute Gasteiger partial charge is 0.433 e. The molecule has 0 aliphatic rings. The van der Waals surface area contributed by atoms with Gasteiger partial charge in [0.05, 0.1) is 0 Å². The molecule has 0 saturated heterocycles. The second-order valence-corrected chi connectivity index (χ2v) is 4.57. The smallest absolute Gasteiger partial charge is 0.384 e. The maximum absolute atomic E-state index is 12.9. The van der Waals surface area contributed by atoms with Crippen LogP contribution in [0.25, 0.3) is 0 Å². The van der Waals surface area contributed by atoms with Crippen LogP contribution in [0.5, 0.6) is 0 Å². The summed E-state index contributed by atoms with van der Waals surface area (Å²) in [6, 6.07) is 2.88. The Morgan fingerprint density at radius 2 is 1.94 bits per heavy atom. The number of nitrogens with zero attached hydrogens (tertiary/aromatic N) is 1. The number of unbranched alkanes of at least 4 members (excludes halogenated alkanes) is 2. The average molecular weight is 260 g/mol. The van der Waals surface area contributed by atoms with Gasteiger partial charge >= 0.3 is 6.18 Å². The van der Waals surface area contributed by atoms with Crippen molar-refractivity contribution in [3.05, 3.63) is 23.4 Å². The molecule has 0 spiro atoms. The average Bonchev–Trinajstić information content (AvgIpc) is 2.28. The topological polar surface area (TPSA) is 38.9 Å². The van der Waals surface area contributed by atoms with Gasteiger partial charge in [-0.05, 0) is 24.0 Å². The number of nitrogen functional groups attached to an aromatic ring is 1. The standard InChI is InChI=1S/C13H19F3N2/c1-3-4-5-6-9(2)10-7-8-11(17)18-12(10)13(14,15)16/h7-9H,3-6H2,1-2H3,(H2,17,18). The lowest BCUT2D eigenvalue weighted by molar-refractivity contribution is -0.141. The van der Waals surface area contributed by atoms with E-state index < -0.39 is 11.9 Å². The molecule has 2 nitrogen and oxygen atoms in total. The van der Waals surface area contributed by atoms with Crippen LogP contribution in [0, 0.1) is 0 Å². The number of halogens is 3. The van der Waals surface area contributed by atoms with E-state index in [9.17, 15) is 13.2 Å². The molecule has 0 radical (unpaired) electrons. The van der Waals surface area contributed by atoms with Crippen LogP contribution in [-0.2, 0) is 6.18 Å². The highest BCUT2D eigenvalue weighted by Crippen LogP contribution is 2.35. The second kappa shape index (κ2) is 6.07. The molecule has 1 aromatic rings. The molecule has 2 N–H and O–H groups in total. The lowest BCUT2D eigenvalue weighted by Gasteiger charge is -2.17. The van der Waals surface area contributed by atoms with Crippen LogP contribution in [0.4, 0.5) is 19.0 Å². The summed E-state index contributed by atoms with van der Waals surface area (Å²) in [5.41, 5.74) is 4.74. The minimum atomic E-state index is -4.44. The minimum Gasteiger partial charge on any atom is -0.384 e. The fraction of sp³-hybridized carbons (Fsp3) is 0.615. The summed E-state index contributed by atoms with van der Waals surface area (Å²) >= 11 is 0. The van der Waals surface area contributed by atoms with Crippen molar-refractivity contribution in [3.8, 4) is 0 Å². The molecule has 0 fully saturated rings. The highest BCUT2D eigenvalue weighted by Gasteiger charge is 2.36. The Morgan fingerprint density at radius 3 is 2.50 bits per heavy atom. The molecule has 0 saturated carbocycles. The van der Waals surface area contributed by atoms with Gasteiger partial charge in [-0.15, -0.1) is 0 Å². The van der Waals surface area contributed by atoms with Gasteiger partial charge in [0.15, 0.2) is 0 Å². The van der Waals surface area contributed by atoms with Crippen LogP contribution in [0.15, 0.2) is 12.1 Å². The highest BCUT2D eigenvalue weighted by atomic mass is 19.4. The third-order valence-electron chi connectivity index (χ3n) is 2.99. The van der Waals surface area contributed by atoms with Gasteiger partial charge < -0.3 is 5.73 Å². The molecular weight excluding hydrogens is 241 g/mol. The Balaban J connectivity index is 2.93.